The van der Waals surface area contributed by atoms with Crippen LogP contribution < -0.4 is 21.9 Å². The fraction of sp³-hybridized carbons (Fsp3) is 0.115. The summed E-state index contributed by atoms with van der Waals surface area (Å²) in [6.45, 7) is 4.02. The number of halogens is 2. The molecule has 0 fully saturated rings. The van der Waals surface area contributed by atoms with Crippen LogP contribution in [0.15, 0.2) is 70.9 Å². The number of hydrogen-bond acceptors (Lipinski definition) is 5. The van der Waals surface area contributed by atoms with Crippen molar-refractivity contribution in [1.82, 2.24) is 0 Å². The number of hydrogen-bond donors (Lipinski definition) is 2. The van der Waals surface area contributed by atoms with Crippen molar-refractivity contribution in [2.75, 3.05) is 0 Å². The van der Waals surface area contributed by atoms with E-state index < -0.39 is 46.9 Å². The van der Waals surface area contributed by atoms with E-state index in [0.717, 1.165) is 18.2 Å². The van der Waals surface area contributed by atoms with Crippen LogP contribution in [-0.2, 0) is 14.4 Å². The number of carbonyl (C=O) groups is 3. The SMILES string of the molecule is C=c1ccc(C2=NOC(CC(N)=O)(C(N)=O)C2)cc1=C1C=CC(=NC(=O)c2c(F)cccc2F)C=C1. The van der Waals surface area contributed by atoms with Gasteiger partial charge in [-0.2, -0.15) is 0 Å². The Bertz CT molecular complexity index is 1500. The van der Waals surface area contributed by atoms with Gasteiger partial charge in [0.2, 0.25) is 11.5 Å². The molecule has 182 valence electrons. The van der Waals surface area contributed by atoms with Gasteiger partial charge in [0.1, 0.15) is 17.2 Å². The Morgan fingerprint density at radius 2 is 1.72 bits per heavy atom. The van der Waals surface area contributed by atoms with Crippen LogP contribution in [0.4, 0.5) is 8.78 Å². The first-order valence-corrected chi connectivity index (χ1v) is 10.7. The molecule has 1 aliphatic heterocycles. The second kappa shape index (κ2) is 9.49. The molecule has 0 aromatic heterocycles. The zero-order chi connectivity index (χ0) is 26.0. The second-order valence-electron chi connectivity index (χ2n) is 8.24. The van der Waals surface area contributed by atoms with Crippen LogP contribution in [0.3, 0.4) is 0 Å². The largest absolute Gasteiger partial charge is 0.378 e. The zero-order valence-corrected chi connectivity index (χ0v) is 18.8. The van der Waals surface area contributed by atoms with Crippen LogP contribution in [0.25, 0.3) is 12.2 Å². The van der Waals surface area contributed by atoms with Crippen LogP contribution in [0.5, 0.6) is 0 Å². The Morgan fingerprint density at radius 3 is 2.33 bits per heavy atom. The minimum absolute atomic E-state index is 0.0340. The third-order valence-corrected chi connectivity index (χ3v) is 5.72. The molecule has 0 saturated heterocycles. The van der Waals surface area contributed by atoms with Gasteiger partial charge in [-0.1, -0.05) is 42.1 Å². The minimum Gasteiger partial charge on any atom is -0.378 e. The third-order valence-electron chi connectivity index (χ3n) is 5.72. The van der Waals surface area contributed by atoms with Gasteiger partial charge in [0.15, 0.2) is 0 Å². The smallest absolute Gasteiger partial charge is 0.283 e. The molecule has 36 heavy (non-hydrogen) atoms. The number of rotatable bonds is 5. The summed E-state index contributed by atoms with van der Waals surface area (Å²) in [6, 6.07) is 8.39. The van der Waals surface area contributed by atoms with Crippen molar-refractivity contribution in [3.63, 3.8) is 0 Å². The van der Waals surface area contributed by atoms with Crippen molar-refractivity contribution in [2.45, 2.75) is 18.4 Å². The molecular formula is C26H20F2N4O4. The van der Waals surface area contributed by atoms with Gasteiger partial charge >= 0.3 is 0 Å². The maximum absolute atomic E-state index is 13.9. The summed E-state index contributed by atoms with van der Waals surface area (Å²) in [7, 11) is 0. The lowest BCUT2D eigenvalue weighted by Gasteiger charge is -2.20. The van der Waals surface area contributed by atoms with E-state index >= 15 is 0 Å². The maximum Gasteiger partial charge on any atom is 0.283 e. The quantitative estimate of drug-likeness (QED) is 0.650. The first-order chi connectivity index (χ1) is 17.1. The molecule has 0 radical (unpaired) electrons. The molecule has 1 atom stereocenters. The molecule has 4 N–H and O–H groups in total. The monoisotopic (exact) mass is 490 g/mol. The first kappa shape index (κ1) is 24.4. The lowest BCUT2D eigenvalue weighted by molar-refractivity contribution is -0.145. The average Bonchev–Trinajstić information content (AvgIpc) is 3.25. The zero-order valence-electron chi connectivity index (χ0n) is 18.8. The van der Waals surface area contributed by atoms with Crippen molar-refractivity contribution >= 4 is 41.3 Å². The Hall–Kier alpha value is -4.73. The second-order valence-corrected chi connectivity index (χ2v) is 8.24. The Balaban J connectivity index is 1.62. The van der Waals surface area contributed by atoms with E-state index in [4.69, 9.17) is 16.3 Å². The van der Waals surface area contributed by atoms with Gasteiger partial charge in [0, 0.05) is 12.0 Å². The highest BCUT2D eigenvalue weighted by molar-refractivity contribution is 6.15. The van der Waals surface area contributed by atoms with Crippen LogP contribution in [-0.4, -0.2) is 34.7 Å². The van der Waals surface area contributed by atoms with Gasteiger partial charge in [0.25, 0.3) is 11.8 Å². The summed E-state index contributed by atoms with van der Waals surface area (Å²) in [5.41, 5.74) is 10.2. The van der Waals surface area contributed by atoms with Crippen LogP contribution >= 0.6 is 0 Å². The van der Waals surface area contributed by atoms with Crippen molar-refractivity contribution in [3.05, 3.63) is 93.9 Å². The molecule has 1 aliphatic carbocycles. The van der Waals surface area contributed by atoms with E-state index in [1.807, 2.05) is 0 Å². The molecule has 4 rings (SSSR count). The molecular weight excluding hydrogens is 470 g/mol. The third kappa shape index (κ3) is 4.74. The highest BCUT2D eigenvalue weighted by Crippen LogP contribution is 2.29. The van der Waals surface area contributed by atoms with Gasteiger partial charge in [-0.05, 0) is 46.4 Å². The molecule has 10 heteroatoms. The Kier molecular flexibility index (Phi) is 6.43. The number of amides is 3. The minimum atomic E-state index is -1.64. The Labute approximate surface area is 203 Å². The lowest BCUT2D eigenvalue weighted by atomic mass is 9.89. The fourth-order valence-corrected chi connectivity index (χ4v) is 3.84. The molecule has 2 aromatic carbocycles. The van der Waals surface area contributed by atoms with Crippen molar-refractivity contribution in [3.8, 4) is 0 Å². The van der Waals surface area contributed by atoms with Crippen LogP contribution in [0, 0.1) is 11.6 Å². The molecule has 2 aromatic rings. The van der Waals surface area contributed by atoms with Gasteiger partial charge in [-0.15, -0.1) is 0 Å². The molecule has 0 bridgehead atoms. The first-order valence-electron chi connectivity index (χ1n) is 10.7. The normalized spacial score (nSPS) is 18.6. The molecule has 0 saturated carbocycles. The molecule has 0 spiro atoms. The van der Waals surface area contributed by atoms with Crippen molar-refractivity contribution in [2.24, 2.45) is 21.6 Å². The van der Waals surface area contributed by atoms with Gasteiger partial charge in [-0.3, -0.25) is 14.4 Å². The number of allylic oxidation sites excluding steroid dienone is 4. The maximum atomic E-state index is 13.9. The van der Waals surface area contributed by atoms with E-state index in [-0.39, 0.29) is 12.1 Å². The lowest BCUT2D eigenvalue weighted by Crippen LogP contribution is -2.47. The highest BCUT2D eigenvalue weighted by Gasteiger charge is 2.46. The van der Waals surface area contributed by atoms with Crippen molar-refractivity contribution in [1.29, 1.82) is 0 Å². The van der Waals surface area contributed by atoms with Gasteiger partial charge < -0.3 is 16.3 Å². The van der Waals surface area contributed by atoms with Gasteiger partial charge in [0.05, 0.1) is 17.8 Å². The van der Waals surface area contributed by atoms with E-state index in [9.17, 15) is 23.2 Å². The van der Waals surface area contributed by atoms with E-state index in [1.54, 1.807) is 30.4 Å². The Morgan fingerprint density at radius 1 is 1.06 bits per heavy atom. The molecule has 1 heterocycles. The fourth-order valence-electron chi connectivity index (χ4n) is 3.84. The van der Waals surface area contributed by atoms with E-state index in [1.165, 1.54) is 12.2 Å². The van der Waals surface area contributed by atoms with Crippen LogP contribution in [0.1, 0.15) is 28.8 Å². The topological polar surface area (TPSA) is 137 Å². The number of benzene rings is 2. The van der Waals surface area contributed by atoms with E-state index in [0.29, 0.717) is 27.3 Å². The number of oxime groups is 1. The standard InChI is InChI=1S/C26H20F2N4O4/c1-14-5-6-16(21-12-26(25(30)35,36-32-21)13-22(29)33)11-18(14)15-7-9-17(10-8-15)31-24(34)23-19(27)3-2-4-20(23)28/h2-11H,1,12-13H2,(H2,29,33)(H2,30,35). The number of nitrogens with two attached hydrogens (primary N) is 2. The number of aliphatic imine (C=N–C) groups is 1. The molecule has 1 unspecified atom stereocenters. The summed E-state index contributed by atoms with van der Waals surface area (Å²) in [5.74, 6) is -4.62. The van der Waals surface area contributed by atoms with Crippen LogP contribution in [0.2, 0.25) is 0 Å². The van der Waals surface area contributed by atoms with Gasteiger partial charge in [-0.25, -0.2) is 13.8 Å². The van der Waals surface area contributed by atoms with Crippen molar-refractivity contribution < 1.29 is 28.0 Å². The summed E-state index contributed by atoms with van der Waals surface area (Å²) in [4.78, 5) is 44.7. The number of primary amides is 2. The molecule has 2 aliphatic rings. The average molecular weight is 490 g/mol. The predicted molar refractivity (Wildman–Crippen MR) is 129 cm³/mol. The molecule has 8 nitrogen and oxygen atoms in total. The number of nitrogens with zero attached hydrogens (tertiary/aromatic N) is 2. The predicted octanol–water partition coefficient (Wildman–Crippen LogP) is 1.16. The molecule has 3 amide bonds. The summed E-state index contributed by atoms with van der Waals surface area (Å²) in [5, 5.41) is 5.34. The summed E-state index contributed by atoms with van der Waals surface area (Å²) >= 11 is 0. The highest BCUT2D eigenvalue weighted by atomic mass is 19.1. The number of carbonyl (C=O) groups excluding carboxylic acids is 3. The summed E-state index contributed by atoms with van der Waals surface area (Å²) < 4.78 is 27.7. The summed E-state index contributed by atoms with van der Waals surface area (Å²) in [6.07, 6.45) is 5.96. The van der Waals surface area contributed by atoms with E-state index in [2.05, 4.69) is 16.7 Å².